The molecule has 1 aromatic carbocycles. The molecule has 1 saturated heterocycles. The Labute approximate surface area is 143 Å². The lowest BCUT2D eigenvalue weighted by atomic mass is 10.1. The molecule has 5 nitrogen and oxygen atoms in total. The summed E-state index contributed by atoms with van der Waals surface area (Å²) < 4.78 is 5.90. The third kappa shape index (κ3) is 6.12. The highest BCUT2D eigenvalue weighted by molar-refractivity contribution is 5.85. The maximum atomic E-state index is 10.6. The summed E-state index contributed by atoms with van der Waals surface area (Å²) in [6, 6.07) is 7.24. The van der Waals surface area contributed by atoms with Gasteiger partial charge in [-0.25, -0.2) is 0 Å². The van der Waals surface area contributed by atoms with Crippen LogP contribution in [0.2, 0.25) is 0 Å². The summed E-state index contributed by atoms with van der Waals surface area (Å²) in [5, 5.41) is 16.3. The van der Waals surface area contributed by atoms with Crippen LogP contribution in [-0.4, -0.2) is 41.0 Å². The van der Waals surface area contributed by atoms with E-state index in [0.29, 0.717) is 5.84 Å². The molecule has 124 valence electrons. The first-order chi connectivity index (χ1) is 9.54. The zero-order valence-electron chi connectivity index (χ0n) is 12.4. The van der Waals surface area contributed by atoms with Gasteiger partial charge in [-0.1, -0.05) is 12.1 Å². The van der Waals surface area contributed by atoms with E-state index in [0.717, 1.165) is 37.2 Å². The van der Waals surface area contributed by atoms with Crippen molar-refractivity contribution < 1.29 is 14.6 Å². The van der Waals surface area contributed by atoms with Crippen LogP contribution in [0, 0.1) is 5.41 Å². The van der Waals surface area contributed by atoms with E-state index in [-0.39, 0.29) is 37.3 Å². The van der Waals surface area contributed by atoms with Gasteiger partial charge in [0.25, 0.3) is 0 Å². The lowest BCUT2D eigenvalue weighted by molar-refractivity contribution is -0.136. The van der Waals surface area contributed by atoms with E-state index >= 15 is 0 Å². The van der Waals surface area contributed by atoms with Gasteiger partial charge in [0.05, 0.1) is 12.3 Å². The predicted octanol–water partition coefficient (Wildman–Crippen LogP) is 3.00. The Hall–Kier alpha value is -1.46. The SMILES string of the molecule is CC(=N)N1CCC(Oc2ccc(CC(=O)O)cc2)CC1.Cl.Cl. The number of hydrogen-bond acceptors (Lipinski definition) is 3. The van der Waals surface area contributed by atoms with Crippen LogP contribution in [0.4, 0.5) is 0 Å². The van der Waals surface area contributed by atoms with Gasteiger partial charge in [0.1, 0.15) is 11.9 Å². The van der Waals surface area contributed by atoms with Crippen LogP contribution in [0.3, 0.4) is 0 Å². The highest BCUT2D eigenvalue weighted by Crippen LogP contribution is 2.20. The zero-order valence-corrected chi connectivity index (χ0v) is 14.1. The molecule has 1 heterocycles. The summed E-state index contributed by atoms with van der Waals surface area (Å²) in [5.74, 6) is 0.568. The number of carboxylic acid groups (broad SMARTS) is 1. The van der Waals surface area contributed by atoms with E-state index in [1.807, 2.05) is 19.1 Å². The molecular weight excluding hydrogens is 327 g/mol. The molecule has 1 aromatic rings. The minimum absolute atomic E-state index is 0. The van der Waals surface area contributed by atoms with Gasteiger partial charge in [0.2, 0.25) is 0 Å². The molecule has 0 aliphatic carbocycles. The van der Waals surface area contributed by atoms with Crippen molar-refractivity contribution in [3.63, 3.8) is 0 Å². The molecule has 0 atom stereocenters. The Bertz CT molecular complexity index is 486. The fourth-order valence-electron chi connectivity index (χ4n) is 2.36. The molecule has 2 rings (SSSR count). The molecular formula is C15H22Cl2N2O3. The summed E-state index contributed by atoms with van der Waals surface area (Å²) in [6.45, 7) is 3.52. The number of hydrogen-bond donors (Lipinski definition) is 2. The standard InChI is InChI=1S/C15H20N2O3.2ClH/c1-11(16)17-8-6-14(7-9-17)20-13-4-2-12(3-5-13)10-15(18)19;;/h2-5,14,16H,6-10H2,1H3,(H,18,19);2*1H. The largest absolute Gasteiger partial charge is 0.490 e. The molecule has 1 aliphatic heterocycles. The first-order valence-corrected chi connectivity index (χ1v) is 6.82. The van der Waals surface area contributed by atoms with E-state index in [2.05, 4.69) is 4.90 Å². The Balaban J connectivity index is 0.00000220. The number of piperidine rings is 1. The predicted molar refractivity (Wildman–Crippen MR) is 90.9 cm³/mol. The average Bonchev–Trinajstić information content (AvgIpc) is 2.41. The second-order valence-electron chi connectivity index (χ2n) is 5.10. The van der Waals surface area contributed by atoms with Gasteiger partial charge in [-0.2, -0.15) is 0 Å². The van der Waals surface area contributed by atoms with Gasteiger partial charge in [-0.15, -0.1) is 24.8 Å². The molecule has 0 bridgehead atoms. The third-order valence-corrected chi connectivity index (χ3v) is 3.50. The van der Waals surface area contributed by atoms with Gasteiger partial charge < -0.3 is 14.7 Å². The highest BCUT2D eigenvalue weighted by Gasteiger charge is 2.20. The number of carbonyl (C=O) groups is 1. The number of likely N-dealkylation sites (tertiary alicyclic amines) is 1. The molecule has 0 saturated carbocycles. The normalized spacial score (nSPS) is 14.5. The molecule has 0 aromatic heterocycles. The summed E-state index contributed by atoms with van der Waals surface area (Å²) in [7, 11) is 0. The second kappa shape index (κ2) is 9.54. The lowest BCUT2D eigenvalue weighted by Gasteiger charge is -2.32. The smallest absolute Gasteiger partial charge is 0.307 e. The topological polar surface area (TPSA) is 73.6 Å². The Morgan fingerprint density at radius 1 is 1.27 bits per heavy atom. The van der Waals surface area contributed by atoms with E-state index in [1.54, 1.807) is 12.1 Å². The fourth-order valence-corrected chi connectivity index (χ4v) is 2.36. The van der Waals surface area contributed by atoms with Crippen molar-refractivity contribution in [3.8, 4) is 5.75 Å². The van der Waals surface area contributed by atoms with Crippen molar-refractivity contribution in [2.45, 2.75) is 32.3 Å². The number of rotatable bonds is 4. The monoisotopic (exact) mass is 348 g/mol. The second-order valence-corrected chi connectivity index (χ2v) is 5.10. The number of nitrogens with one attached hydrogen (secondary N) is 1. The highest BCUT2D eigenvalue weighted by atomic mass is 35.5. The maximum Gasteiger partial charge on any atom is 0.307 e. The summed E-state index contributed by atoms with van der Waals surface area (Å²) in [5.41, 5.74) is 0.777. The van der Waals surface area contributed by atoms with Gasteiger partial charge in [-0.3, -0.25) is 10.2 Å². The summed E-state index contributed by atoms with van der Waals surface area (Å²) >= 11 is 0. The van der Waals surface area contributed by atoms with Gasteiger partial charge in [0, 0.05) is 25.9 Å². The van der Waals surface area contributed by atoms with Crippen LogP contribution < -0.4 is 4.74 Å². The van der Waals surface area contributed by atoms with Crippen molar-refractivity contribution in [1.82, 2.24) is 4.90 Å². The molecule has 0 radical (unpaired) electrons. The fraction of sp³-hybridized carbons (Fsp3) is 0.467. The van der Waals surface area contributed by atoms with Crippen molar-refractivity contribution in [2.24, 2.45) is 0 Å². The average molecular weight is 349 g/mol. The number of amidine groups is 1. The van der Waals surface area contributed by atoms with E-state index in [4.69, 9.17) is 15.3 Å². The van der Waals surface area contributed by atoms with Gasteiger partial charge >= 0.3 is 5.97 Å². The van der Waals surface area contributed by atoms with Crippen LogP contribution in [0.15, 0.2) is 24.3 Å². The summed E-state index contributed by atoms with van der Waals surface area (Å²) in [4.78, 5) is 12.7. The third-order valence-electron chi connectivity index (χ3n) is 3.50. The van der Waals surface area contributed by atoms with Gasteiger partial charge in [0.15, 0.2) is 0 Å². The van der Waals surface area contributed by atoms with Crippen LogP contribution in [0.5, 0.6) is 5.75 Å². The van der Waals surface area contributed by atoms with Crippen LogP contribution in [0.1, 0.15) is 25.3 Å². The van der Waals surface area contributed by atoms with E-state index < -0.39 is 5.97 Å². The minimum Gasteiger partial charge on any atom is -0.490 e. The van der Waals surface area contributed by atoms with Crippen molar-refractivity contribution >= 4 is 36.6 Å². The van der Waals surface area contributed by atoms with E-state index in [9.17, 15) is 4.79 Å². The van der Waals surface area contributed by atoms with Gasteiger partial charge in [-0.05, 0) is 24.6 Å². The van der Waals surface area contributed by atoms with Crippen LogP contribution in [-0.2, 0) is 11.2 Å². The molecule has 1 fully saturated rings. The Kier molecular flexibility index (Phi) is 8.90. The molecule has 1 aliphatic rings. The molecule has 2 N–H and O–H groups in total. The number of carboxylic acids is 1. The number of halogens is 2. The first-order valence-electron chi connectivity index (χ1n) is 6.82. The molecule has 0 amide bonds. The summed E-state index contributed by atoms with van der Waals surface area (Å²) in [6.07, 6.45) is 2.04. The number of nitrogens with zero attached hydrogens (tertiary/aromatic N) is 1. The molecule has 0 spiro atoms. The molecule has 0 unspecified atom stereocenters. The lowest BCUT2D eigenvalue weighted by Crippen LogP contribution is -2.40. The Morgan fingerprint density at radius 3 is 2.27 bits per heavy atom. The minimum atomic E-state index is -0.826. The quantitative estimate of drug-likeness (QED) is 0.647. The van der Waals surface area contributed by atoms with Crippen molar-refractivity contribution in [1.29, 1.82) is 5.41 Å². The van der Waals surface area contributed by atoms with E-state index in [1.165, 1.54) is 0 Å². The number of aliphatic carboxylic acids is 1. The van der Waals surface area contributed by atoms with Crippen LogP contribution >= 0.6 is 24.8 Å². The van der Waals surface area contributed by atoms with Crippen molar-refractivity contribution in [2.75, 3.05) is 13.1 Å². The molecule has 22 heavy (non-hydrogen) atoms. The van der Waals surface area contributed by atoms with Crippen molar-refractivity contribution in [3.05, 3.63) is 29.8 Å². The number of ether oxygens (including phenoxy) is 1. The molecule has 7 heteroatoms. The number of benzene rings is 1. The Morgan fingerprint density at radius 2 is 1.82 bits per heavy atom. The zero-order chi connectivity index (χ0) is 14.5. The first kappa shape index (κ1) is 20.5. The van der Waals surface area contributed by atoms with Crippen LogP contribution in [0.25, 0.3) is 0 Å². The maximum absolute atomic E-state index is 10.6.